The molecule has 0 N–H and O–H groups in total. The van der Waals surface area contributed by atoms with Gasteiger partial charge in [0.05, 0.1) is 34.1 Å². The van der Waals surface area contributed by atoms with E-state index in [1.165, 1.54) is 29.4 Å². The molecule has 1 amide bonds. The molecule has 0 unspecified atom stereocenters. The van der Waals surface area contributed by atoms with E-state index in [1.807, 2.05) is 0 Å². The van der Waals surface area contributed by atoms with Crippen LogP contribution in [0.25, 0.3) is 5.69 Å². The van der Waals surface area contributed by atoms with Gasteiger partial charge in [0.1, 0.15) is 0 Å². The third-order valence-corrected chi connectivity index (χ3v) is 8.71. The quantitative estimate of drug-likeness (QED) is 0.432. The molecule has 1 saturated carbocycles. The van der Waals surface area contributed by atoms with Crippen molar-refractivity contribution in [3.63, 3.8) is 0 Å². The van der Waals surface area contributed by atoms with E-state index in [0.29, 0.717) is 18.1 Å². The second kappa shape index (κ2) is 9.62. The Bertz CT molecular complexity index is 1470. The minimum absolute atomic E-state index is 0.0286. The molecular formula is C24H21F6N5O3S. The third-order valence-electron chi connectivity index (χ3n) is 6.83. The number of rotatable bonds is 5. The van der Waals surface area contributed by atoms with Gasteiger partial charge in [0.25, 0.3) is 0 Å². The first kappa shape index (κ1) is 27.1. The topological polar surface area (TPSA) is 88.4 Å². The highest BCUT2D eigenvalue weighted by Gasteiger charge is 2.47. The van der Waals surface area contributed by atoms with Crippen molar-refractivity contribution < 1.29 is 39.6 Å². The van der Waals surface area contributed by atoms with Crippen LogP contribution < -0.4 is 0 Å². The van der Waals surface area contributed by atoms with E-state index < -0.39 is 44.3 Å². The van der Waals surface area contributed by atoms with E-state index in [9.17, 15) is 39.6 Å². The van der Waals surface area contributed by atoms with Crippen LogP contribution in [0.1, 0.15) is 29.0 Å². The molecule has 3 aromatic rings. The molecule has 2 heterocycles. The Labute approximate surface area is 218 Å². The van der Waals surface area contributed by atoms with E-state index in [-0.39, 0.29) is 43.7 Å². The number of carbonyl (C=O) groups is 1. The smallest absolute Gasteiger partial charge is 0.340 e. The molecule has 0 spiro atoms. The highest BCUT2D eigenvalue weighted by Crippen LogP contribution is 2.49. The van der Waals surface area contributed by atoms with Gasteiger partial charge in [-0.2, -0.15) is 45.6 Å². The maximum absolute atomic E-state index is 13.5. The predicted molar refractivity (Wildman–Crippen MR) is 124 cm³/mol. The first-order chi connectivity index (χ1) is 18.2. The summed E-state index contributed by atoms with van der Waals surface area (Å²) >= 11 is 0. The van der Waals surface area contributed by atoms with Gasteiger partial charge < -0.3 is 4.90 Å². The molecule has 2 aromatic carbocycles. The molecule has 8 nitrogen and oxygen atoms in total. The van der Waals surface area contributed by atoms with E-state index in [1.54, 1.807) is 0 Å². The summed E-state index contributed by atoms with van der Waals surface area (Å²) in [5.41, 5.74) is -1.51. The number of hydrogen-bond acceptors (Lipinski definition) is 5. The van der Waals surface area contributed by atoms with Gasteiger partial charge in [0, 0.05) is 32.1 Å². The minimum atomic E-state index is -4.81. The molecule has 2 aliphatic rings. The van der Waals surface area contributed by atoms with Crippen LogP contribution in [0.3, 0.4) is 0 Å². The number of piperazine rings is 1. The van der Waals surface area contributed by atoms with Gasteiger partial charge in [-0.15, -0.1) is 0 Å². The largest absolute Gasteiger partial charge is 0.416 e. The minimum Gasteiger partial charge on any atom is -0.340 e. The molecule has 5 rings (SSSR count). The molecule has 1 aliphatic heterocycles. The van der Waals surface area contributed by atoms with E-state index in [0.717, 1.165) is 33.4 Å². The maximum Gasteiger partial charge on any atom is 0.416 e. The van der Waals surface area contributed by atoms with E-state index in [4.69, 9.17) is 0 Å². The Balaban J connectivity index is 1.26. The summed E-state index contributed by atoms with van der Waals surface area (Å²) in [7, 11) is -4.35. The van der Waals surface area contributed by atoms with Crippen LogP contribution >= 0.6 is 0 Å². The van der Waals surface area contributed by atoms with Crippen molar-refractivity contribution in [1.29, 1.82) is 0 Å². The lowest BCUT2D eigenvalue weighted by Gasteiger charge is -2.34. The molecule has 2 fully saturated rings. The monoisotopic (exact) mass is 573 g/mol. The maximum atomic E-state index is 13.5. The summed E-state index contributed by atoms with van der Waals surface area (Å²) in [4.78, 5) is 14.7. The molecule has 2 atom stereocenters. The van der Waals surface area contributed by atoms with Gasteiger partial charge in [-0.3, -0.25) is 4.79 Å². The summed E-state index contributed by atoms with van der Waals surface area (Å²) in [6.07, 6.45) is -6.31. The molecule has 1 saturated heterocycles. The number of aromatic nitrogens is 3. The molecule has 208 valence electrons. The molecular weight excluding hydrogens is 552 g/mol. The highest BCUT2D eigenvalue weighted by atomic mass is 32.2. The van der Waals surface area contributed by atoms with Gasteiger partial charge in [-0.1, -0.05) is 12.1 Å². The van der Waals surface area contributed by atoms with Crippen LogP contribution in [0.15, 0.2) is 59.8 Å². The molecule has 1 aliphatic carbocycles. The van der Waals surface area contributed by atoms with E-state index >= 15 is 0 Å². The van der Waals surface area contributed by atoms with Crippen molar-refractivity contribution in [3.8, 4) is 5.69 Å². The SMILES string of the molecule is O=C([C@@H]1C[C@H]1c1ccc(C(F)(F)F)cc1)N1CCN(S(=O)(=O)c2cc(-n3nccn3)cc(C(F)(F)F)c2)CC1. The highest BCUT2D eigenvalue weighted by molar-refractivity contribution is 7.89. The summed E-state index contributed by atoms with van der Waals surface area (Å²) in [5.74, 6) is -0.874. The lowest BCUT2D eigenvalue weighted by molar-refractivity contribution is -0.138. The summed E-state index contributed by atoms with van der Waals surface area (Å²) in [6.45, 7) is -0.198. The number of nitrogens with zero attached hydrogens (tertiary/aromatic N) is 5. The third kappa shape index (κ3) is 5.50. The van der Waals surface area contributed by atoms with Gasteiger partial charge >= 0.3 is 12.4 Å². The Morgan fingerprint density at radius 1 is 0.821 bits per heavy atom. The zero-order valence-corrected chi connectivity index (χ0v) is 20.8. The van der Waals surface area contributed by atoms with Crippen molar-refractivity contribution in [1.82, 2.24) is 24.2 Å². The van der Waals surface area contributed by atoms with Crippen molar-refractivity contribution in [2.24, 2.45) is 5.92 Å². The molecule has 0 bridgehead atoms. The van der Waals surface area contributed by atoms with Crippen molar-refractivity contribution >= 4 is 15.9 Å². The standard InChI is InChI=1S/C24H21F6N5O3S/c25-23(26,27)16-3-1-15(2-4-16)20-14-21(20)22(36)33-7-9-34(10-8-33)39(37,38)19-12-17(24(28,29)30)11-18(13-19)35-31-5-6-32-35/h1-6,11-13,20-21H,7-10,14H2/t20-,21+/m0/s1. The summed E-state index contributed by atoms with van der Waals surface area (Å²) < 4.78 is 107. The van der Waals surface area contributed by atoms with Gasteiger partial charge in [0.2, 0.25) is 15.9 Å². The predicted octanol–water partition coefficient (Wildman–Crippen LogP) is 3.94. The van der Waals surface area contributed by atoms with Crippen LogP contribution in [0, 0.1) is 5.92 Å². The average molecular weight is 574 g/mol. The lowest BCUT2D eigenvalue weighted by Crippen LogP contribution is -2.51. The number of halogens is 6. The fourth-order valence-electron chi connectivity index (χ4n) is 4.65. The number of amides is 1. The second-order valence-corrected chi connectivity index (χ2v) is 11.3. The molecule has 15 heteroatoms. The Hall–Kier alpha value is -3.46. The van der Waals surface area contributed by atoms with Crippen LogP contribution in [0.5, 0.6) is 0 Å². The van der Waals surface area contributed by atoms with Gasteiger partial charge in [-0.05, 0) is 48.2 Å². The molecule has 0 radical (unpaired) electrons. The lowest BCUT2D eigenvalue weighted by atomic mass is 10.1. The van der Waals surface area contributed by atoms with Crippen LogP contribution in [-0.2, 0) is 27.2 Å². The molecule has 1 aromatic heterocycles. The fourth-order valence-corrected chi connectivity index (χ4v) is 6.14. The normalized spacial score (nSPS) is 20.7. The first-order valence-corrected chi connectivity index (χ1v) is 13.2. The van der Waals surface area contributed by atoms with Crippen molar-refractivity contribution in [2.45, 2.75) is 29.6 Å². The number of benzene rings is 2. The first-order valence-electron chi connectivity index (χ1n) is 11.8. The average Bonchev–Trinajstić information content (AvgIpc) is 3.50. The zero-order chi connectivity index (χ0) is 28.2. The second-order valence-electron chi connectivity index (χ2n) is 9.33. The van der Waals surface area contributed by atoms with Crippen molar-refractivity contribution in [3.05, 3.63) is 71.5 Å². The van der Waals surface area contributed by atoms with Crippen LogP contribution in [0.4, 0.5) is 26.3 Å². The summed E-state index contributed by atoms with van der Waals surface area (Å²) in [6, 6.07) is 7.01. The number of sulfonamides is 1. The Morgan fingerprint density at radius 3 is 1.97 bits per heavy atom. The number of hydrogen-bond donors (Lipinski definition) is 0. The fraction of sp³-hybridized carbons (Fsp3) is 0.375. The van der Waals surface area contributed by atoms with E-state index in [2.05, 4.69) is 10.2 Å². The Morgan fingerprint density at radius 2 is 1.41 bits per heavy atom. The van der Waals surface area contributed by atoms with Crippen LogP contribution in [0.2, 0.25) is 0 Å². The Kier molecular flexibility index (Phi) is 6.69. The van der Waals surface area contributed by atoms with Gasteiger partial charge in [0.15, 0.2) is 0 Å². The molecule has 39 heavy (non-hydrogen) atoms. The summed E-state index contributed by atoms with van der Waals surface area (Å²) in [5, 5.41) is 7.55. The number of alkyl halides is 6. The zero-order valence-electron chi connectivity index (χ0n) is 20.0. The van der Waals surface area contributed by atoms with Crippen molar-refractivity contribution in [2.75, 3.05) is 26.2 Å². The van der Waals surface area contributed by atoms with Crippen LogP contribution in [-0.4, -0.2) is 64.7 Å². The number of carbonyl (C=O) groups excluding carboxylic acids is 1. The van der Waals surface area contributed by atoms with Gasteiger partial charge in [-0.25, -0.2) is 8.42 Å².